The van der Waals surface area contributed by atoms with Crippen molar-refractivity contribution in [2.75, 3.05) is 13.2 Å². The molecular weight excluding hydrogens is 662 g/mol. The van der Waals surface area contributed by atoms with Crippen LogP contribution in [0.15, 0.2) is 0 Å². The van der Waals surface area contributed by atoms with Crippen LogP contribution < -0.4 is 5.32 Å². The normalized spacial score (nSPS) is 22.3. The lowest BCUT2D eigenvalue weighted by molar-refractivity contribution is -0.303. The molecule has 52 heavy (non-hydrogen) atoms. The van der Waals surface area contributed by atoms with E-state index in [9.17, 15) is 35.4 Å². The fourth-order valence-electron chi connectivity index (χ4n) is 7.19. The van der Waals surface area contributed by atoms with E-state index < -0.39 is 55.6 Å². The molecule has 0 aromatic carbocycles. The van der Waals surface area contributed by atoms with Crippen LogP contribution in [0.5, 0.6) is 0 Å². The van der Waals surface area contributed by atoms with Gasteiger partial charge in [-0.25, -0.2) is 0 Å². The molecule has 1 fully saturated rings. The zero-order valence-corrected chi connectivity index (χ0v) is 33.4. The first-order chi connectivity index (χ1) is 25.3. The summed E-state index contributed by atoms with van der Waals surface area (Å²) in [6, 6.07) is -0.981. The van der Waals surface area contributed by atoms with E-state index in [4.69, 9.17) is 9.47 Å². The predicted molar refractivity (Wildman–Crippen MR) is 209 cm³/mol. The Balaban J connectivity index is 2.09. The second kappa shape index (κ2) is 33.5. The fourth-order valence-corrected chi connectivity index (χ4v) is 7.19. The molecular formula is C42H83NO9. The molecule has 0 aromatic rings. The van der Waals surface area contributed by atoms with E-state index in [0.717, 1.165) is 25.7 Å². The van der Waals surface area contributed by atoms with Crippen LogP contribution in [0.3, 0.4) is 0 Å². The highest BCUT2D eigenvalue weighted by molar-refractivity contribution is 5.76. The van der Waals surface area contributed by atoms with Crippen molar-refractivity contribution in [1.29, 1.82) is 0 Å². The quantitative estimate of drug-likeness (QED) is 0.0324. The van der Waals surface area contributed by atoms with Gasteiger partial charge in [0.1, 0.15) is 30.5 Å². The number of aliphatic hydroxyl groups excluding tert-OH is 6. The lowest BCUT2D eigenvalue weighted by atomic mass is 9.99. The van der Waals surface area contributed by atoms with E-state index in [2.05, 4.69) is 12.2 Å². The van der Waals surface area contributed by atoms with Crippen LogP contribution in [0.25, 0.3) is 0 Å². The van der Waals surface area contributed by atoms with Gasteiger partial charge in [0.25, 0.3) is 0 Å². The van der Waals surface area contributed by atoms with Crippen molar-refractivity contribution in [2.45, 2.75) is 249 Å². The summed E-state index contributed by atoms with van der Waals surface area (Å²) in [4.78, 5) is 12.8. The van der Waals surface area contributed by atoms with Crippen LogP contribution in [0.2, 0.25) is 0 Å². The van der Waals surface area contributed by atoms with E-state index in [0.29, 0.717) is 12.8 Å². The van der Waals surface area contributed by atoms with Crippen LogP contribution in [-0.2, 0) is 14.3 Å². The maximum atomic E-state index is 12.8. The van der Waals surface area contributed by atoms with Crippen LogP contribution in [0, 0.1) is 0 Å². The summed E-state index contributed by atoms with van der Waals surface area (Å²) >= 11 is 0. The van der Waals surface area contributed by atoms with E-state index >= 15 is 0 Å². The minimum absolute atomic E-state index is 0.266. The van der Waals surface area contributed by atoms with E-state index in [1.54, 1.807) is 0 Å². The molecule has 1 aliphatic rings. The smallest absolute Gasteiger partial charge is 0.220 e. The highest BCUT2D eigenvalue weighted by atomic mass is 16.7. The molecule has 310 valence electrons. The number of nitrogens with one attached hydrogen (secondary N) is 1. The van der Waals surface area contributed by atoms with Crippen molar-refractivity contribution in [3.05, 3.63) is 0 Å². The molecule has 10 nitrogen and oxygen atoms in total. The second-order valence-electron chi connectivity index (χ2n) is 15.6. The minimum Gasteiger partial charge on any atom is -0.394 e. The lowest BCUT2D eigenvalue weighted by Crippen LogP contribution is -2.60. The van der Waals surface area contributed by atoms with Gasteiger partial charge in [0.15, 0.2) is 6.29 Å². The molecule has 10 heteroatoms. The summed E-state index contributed by atoms with van der Waals surface area (Å²) in [5.41, 5.74) is 0. The van der Waals surface area contributed by atoms with E-state index in [1.165, 1.54) is 141 Å². The van der Waals surface area contributed by atoms with E-state index in [-0.39, 0.29) is 18.9 Å². The maximum absolute atomic E-state index is 12.8. The summed E-state index contributed by atoms with van der Waals surface area (Å²) < 4.78 is 11.0. The summed E-state index contributed by atoms with van der Waals surface area (Å²) in [7, 11) is 0. The molecule has 0 saturated carbocycles. The first-order valence-corrected chi connectivity index (χ1v) is 21.8. The van der Waals surface area contributed by atoms with Crippen LogP contribution in [0.4, 0.5) is 0 Å². The molecule has 1 amide bonds. The molecule has 0 aromatic heterocycles. The van der Waals surface area contributed by atoms with Gasteiger partial charge >= 0.3 is 0 Å². The second-order valence-corrected chi connectivity index (χ2v) is 15.6. The van der Waals surface area contributed by atoms with Crippen LogP contribution >= 0.6 is 0 Å². The summed E-state index contributed by atoms with van der Waals surface area (Å²) in [5.74, 6) is -0.266. The lowest BCUT2D eigenvalue weighted by Gasteiger charge is -2.40. The Labute approximate surface area is 317 Å². The van der Waals surface area contributed by atoms with Gasteiger partial charge in [-0.15, -0.1) is 0 Å². The minimum atomic E-state index is -1.60. The predicted octanol–water partition coefficient (Wildman–Crippen LogP) is 7.36. The van der Waals surface area contributed by atoms with E-state index in [1.807, 2.05) is 6.92 Å². The molecule has 8 atom stereocenters. The van der Waals surface area contributed by atoms with Gasteiger partial charge in [0.2, 0.25) is 5.91 Å². The monoisotopic (exact) mass is 746 g/mol. The van der Waals surface area contributed by atoms with Gasteiger partial charge < -0.3 is 45.4 Å². The average molecular weight is 746 g/mol. The Morgan fingerprint density at radius 1 is 0.596 bits per heavy atom. The van der Waals surface area contributed by atoms with Gasteiger partial charge in [0, 0.05) is 6.42 Å². The zero-order chi connectivity index (χ0) is 38.2. The molecule has 1 heterocycles. The van der Waals surface area contributed by atoms with Crippen molar-refractivity contribution < 1.29 is 44.9 Å². The number of carbonyl (C=O) groups is 1. The van der Waals surface area contributed by atoms with Crippen molar-refractivity contribution in [2.24, 2.45) is 0 Å². The molecule has 0 radical (unpaired) electrons. The summed E-state index contributed by atoms with van der Waals surface area (Å²) in [6.07, 6.45) is 25.6. The van der Waals surface area contributed by atoms with Crippen molar-refractivity contribution in [1.82, 2.24) is 5.32 Å². The number of carbonyl (C=O) groups excluding carboxylic acids is 1. The third-order valence-electron chi connectivity index (χ3n) is 10.8. The van der Waals surface area contributed by atoms with Crippen LogP contribution in [-0.4, -0.2) is 98.7 Å². The Bertz CT molecular complexity index is 803. The highest BCUT2D eigenvalue weighted by Crippen LogP contribution is 2.23. The third kappa shape index (κ3) is 23.8. The standard InChI is InChI=1S/C42H83NO9/c1-3-5-7-8-9-10-11-12-13-14-15-16-17-18-19-20-21-22-23-24-25-26-27-28-29-31-37(46)43-34(38(47)35(45)30-6-4-2)33-51-42-41(50)40(49)39(48)36(32-44)52-42/h34-36,38-42,44-45,47-50H,3-33H2,1-2H3,(H,43,46)/t34-,35+,36+,38-,39-,40-,41+,42-/m0/s1. The molecule has 0 spiro atoms. The Kier molecular flexibility index (Phi) is 31.7. The fraction of sp³-hybridized carbons (Fsp3) is 0.976. The van der Waals surface area contributed by atoms with Crippen molar-refractivity contribution in [3.63, 3.8) is 0 Å². The summed E-state index contributed by atoms with van der Waals surface area (Å²) in [6.45, 7) is 3.36. The van der Waals surface area contributed by atoms with Crippen LogP contribution in [0.1, 0.15) is 200 Å². The number of hydrogen-bond donors (Lipinski definition) is 7. The molecule has 1 rings (SSSR count). The molecule has 0 unspecified atom stereocenters. The average Bonchev–Trinajstić information content (AvgIpc) is 3.14. The number of unbranched alkanes of at least 4 members (excludes halogenated alkanes) is 25. The Morgan fingerprint density at radius 2 is 1.00 bits per heavy atom. The molecule has 7 N–H and O–H groups in total. The zero-order valence-electron chi connectivity index (χ0n) is 33.4. The number of amides is 1. The maximum Gasteiger partial charge on any atom is 0.220 e. The SMILES string of the molecule is CCCCCCCCCCCCCCCCCCCCCCCCCCCC(=O)N[C@@H](CO[C@H]1O[C@H](CO)[C@H](O)[C@H](O)[C@H]1O)[C@H](O)[C@H](O)CCCC. The number of ether oxygens (including phenoxy) is 2. The van der Waals surface area contributed by atoms with Gasteiger partial charge in [-0.05, 0) is 12.8 Å². The molecule has 0 aliphatic carbocycles. The van der Waals surface area contributed by atoms with Gasteiger partial charge in [0.05, 0.1) is 25.4 Å². The number of hydrogen-bond acceptors (Lipinski definition) is 9. The highest BCUT2D eigenvalue weighted by Gasteiger charge is 2.44. The van der Waals surface area contributed by atoms with Gasteiger partial charge in [-0.1, -0.05) is 181 Å². The van der Waals surface area contributed by atoms with Gasteiger partial charge in [-0.2, -0.15) is 0 Å². The topological polar surface area (TPSA) is 169 Å². The molecule has 1 saturated heterocycles. The van der Waals surface area contributed by atoms with Crippen molar-refractivity contribution in [3.8, 4) is 0 Å². The summed E-state index contributed by atoms with van der Waals surface area (Å²) in [5, 5.41) is 63.9. The molecule has 1 aliphatic heterocycles. The van der Waals surface area contributed by atoms with Crippen molar-refractivity contribution >= 4 is 5.91 Å². The Hall–Kier alpha value is -0.850. The molecule has 0 bridgehead atoms. The first-order valence-electron chi connectivity index (χ1n) is 21.8. The third-order valence-corrected chi connectivity index (χ3v) is 10.8. The Morgan fingerprint density at radius 3 is 1.40 bits per heavy atom. The number of rotatable bonds is 36. The largest absolute Gasteiger partial charge is 0.394 e. The number of aliphatic hydroxyl groups is 6. The van der Waals surface area contributed by atoms with Gasteiger partial charge in [-0.3, -0.25) is 4.79 Å². The first kappa shape index (κ1) is 49.2.